The number of hydrogen-bond acceptors (Lipinski definition) is 5. The Bertz CT molecular complexity index is 828. The summed E-state index contributed by atoms with van der Waals surface area (Å²) < 4.78 is 7.03. The minimum Gasteiger partial charge on any atom is -0.496 e. The summed E-state index contributed by atoms with van der Waals surface area (Å²) in [4.78, 5) is 19.6. The fourth-order valence-electron chi connectivity index (χ4n) is 2.43. The third-order valence-electron chi connectivity index (χ3n) is 3.50. The molecule has 0 fully saturated rings. The molecule has 1 aromatic rings. The van der Waals surface area contributed by atoms with Crippen molar-refractivity contribution in [2.45, 2.75) is 13.2 Å². The number of nitrogens with zero attached hydrogens (tertiary/aromatic N) is 3. The molecule has 118 valence electrons. The zero-order valence-corrected chi connectivity index (χ0v) is 12.4. The third kappa shape index (κ3) is 2.86. The SMILES string of the molecule is COc1cc(Cn2cccc3nc(CO)nc2-3)ccc1C(=O)O. The van der Waals surface area contributed by atoms with Crippen molar-refractivity contribution < 1.29 is 19.7 Å². The zero-order valence-electron chi connectivity index (χ0n) is 12.4. The molecular formula is C16H15N3O4. The van der Waals surface area contributed by atoms with Crippen LogP contribution >= 0.6 is 0 Å². The van der Waals surface area contributed by atoms with Gasteiger partial charge in [0.25, 0.3) is 0 Å². The van der Waals surface area contributed by atoms with Crippen LogP contribution in [0.4, 0.5) is 0 Å². The molecule has 2 aliphatic rings. The molecule has 0 radical (unpaired) electrons. The standard InChI is InChI=1S/C16H15N3O4/c1-23-13-7-10(4-5-11(13)16(21)22)8-19-6-2-3-12-15(19)18-14(9-20)17-12/h2-7,20H,8-9H2,1H3,(H,21,22). The maximum atomic E-state index is 11.1. The molecule has 7 nitrogen and oxygen atoms in total. The molecule has 0 saturated carbocycles. The summed E-state index contributed by atoms with van der Waals surface area (Å²) in [6, 6.07) is 8.62. The van der Waals surface area contributed by atoms with Gasteiger partial charge in [0, 0.05) is 12.7 Å². The number of aliphatic hydroxyl groups excluding tert-OH is 1. The Morgan fingerprint density at radius 1 is 1.30 bits per heavy atom. The van der Waals surface area contributed by atoms with Gasteiger partial charge in [0.1, 0.15) is 23.6 Å². The lowest BCUT2D eigenvalue weighted by atomic mass is 10.1. The molecule has 3 rings (SSSR count). The van der Waals surface area contributed by atoms with Crippen LogP contribution in [0.25, 0.3) is 11.5 Å². The first kappa shape index (κ1) is 15.0. The van der Waals surface area contributed by atoms with Crippen LogP contribution in [-0.2, 0) is 13.2 Å². The molecule has 2 heterocycles. The molecule has 1 aromatic carbocycles. The van der Waals surface area contributed by atoms with Crippen molar-refractivity contribution in [1.29, 1.82) is 0 Å². The van der Waals surface area contributed by atoms with Crippen molar-refractivity contribution in [1.82, 2.24) is 14.5 Å². The van der Waals surface area contributed by atoms with Crippen LogP contribution < -0.4 is 4.74 Å². The number of aromatic nitrogens is 3. The topological polar surface area (TPSA) is 97.5 Å². The molecule has 7 heteroatoms. The molecule has 0 bridgehead atoms. The highest BCUT2D eigenvalue weighted by atomic mass is 16.5. The number of fused-ring (bicyclic) bond motifs is 1. The van der Waals surface area contributed by atoms with E-state index in [9.17, 15) is 4.79 Å². The highest BCUT2D eigenvalue weighted by Crippen LogP contribution is 2.23. The summed E-state index contributed by atoms with van der Waals surface area (Å²) in [6.45, 7) is 0.271. The lowest BCUT2D eigenvalue weighted by Crippen LogP contribution is -2.06. The summed E-state index contributed by atoms with van der Waals surface area (Å²) in [5.74, 6) is 0.321. The van der Waals surface area contributed by atoms with E-state index in [4.69, 9.17) is 14.9 Å². The van der Waals surface area contributed by atoms with E-state index in [0.29, 0.717) is 29.6 Å². The first-order valence-corrected chi connectivity index (χ1v) is 6.95. The number of pyridine rings is 1. The van der Waals surface area contributed by atoms with Crippen molar-refractivity contribution in [3.05, 3.63) is 53.5 Å². The molecule has 0 unspecified atom stereocenters. The van der Waals surface area contributed by atoms with Gasteiger partial charge < -0.3 is 19.5 Å². The summed E-state index contributed by atoms with van der Waals surface area (Å²) in [5, 5.41) is 18.3. The van der Waals surface area contributed by atoms with Crippen LogP contribution in [0, 0.1) is 0 Å². The number of carboxylic acid groups (broad SMARTS) is 1. The second-order valence-corrected chi connectivity index (χ2v) is 4.98. The largest absolute Gasteiger partial charge is 0.496 e. The number of imidazole rings is 1. The average molecular weight is 313 g/mol. The highest BCUT2D eigenvalue weighted by molar-refractivity contribution is 5.91. The maximum absolute atomic E-state index is 11.1. The van der Waals surface area contributed by atoms with Crippen molar-refractivity contribution in [3.63, 3.8) is 0 Å². The molecule has 23 heavy (non-hydrogen) atoms. The van der Waals surface area contributed by atoms with E-state index in [1.807, 2.05) is 22.9 Å². The van der Waals surface area contributed by atoms with Crippen LogP contribution in [0.5, 0.6) is 5.75 Å². The second-order valence-electron chi connectivity index (χ2n) is 4.98. The summed E-state index contributed by atoms with van der Waals surface area (Å²) in [7, 11) is 1.44. The van der Waals surface area contributed by atoms with Crippen LogP contribution in [-0.4, -0.2) is 37.8 Å². The Kier molecular flexibility index (Phi) is 3.94. The Morgan fingerprint density at radius 2 is 2.13 bits per heavy atom. The molecule has 0 saturated heterocycles. The smallest absolute Gasteiger partial charge is 0.339 e. The lowest BCUT2D eigenvalue weighted by molar-refractivity contribution is 0.0693. The number of ether oxygens (including phenoxy) is 1. The first-order valence-electron chi connectivity index (χ1n) is 6.95. The van der Waals surface area contributed by atoms with Crippen molar-refractivity contribution >= 4 is 5.97 Å². The lowest BCUT2D eigenvalue weighted by Gasteiger charge is -2.12. The van der Waals surface area contributed by atoms with Crippen molar-refractivity contribution in [2.24, 2.45) is 0 Å². The van der Waals surface area contributed by atoms with E-state index < -0.39 is 5.97 Å². The van der Waals surface area contributed by atoms with E-state index in [1.54, 1.807) is 12.1 Å². The zero-order chi connectivity index (χ0) is 16.4. The number of carboxylic acids is 1. The monoisotopic (exact) mass is 313 g/mol. The Balaban J connectivity index is 1.96. The average Bonchev–Trinajstić information content (AvgIpc) is 2.99. The Hall–Kier alpha value is -2.93. The minimum atomic E-state index is -1.03. The number of rotatable bonds is 5. The van der Waals surface area contributed by atoms with Crippen LogP contribution in [0.2, 0.25) is 0 Å². The van der Waals surface area contributed by atoms with Crippen molar-refractivity contribution in [2.75, 3.05) is 7.11 Å². The first-order chi connectivity index (χ1) is 11.1. The number of hydrogen-bond donors (Lipinski definition) is 2. The quantitative estimate of drug-likeness (QED) is 0.743. The molecule has 0 aromatic heterocycles. The minimum absolute atomic E-state index is 0.120. The van der Waals surface area contributed by atoms with Gasteiger partial charge in [-0.15, -0.1) is 0 Å². The second kappa shape index (κ2) is 6.05. The van der Waals surface area contributed by atoms with Gasteiger partial charge in [-0.05, 0) is 29.8 Å². The molecule has 2 aliphatic heterocycles. The van der Waals surface area contributed by atoms with Gasteiger partial charge in [-0.1, -0.05) is 6.07 Å². The van der Waals surface area contributed by atoms with Gasteiger partial charge in [-0.3, -0.25) is 0 Å². The van der Waals surface area contributed by atoms with Crippen LogP contribution in [0.1, 0.15) is 21.7 Å². The van der Waals surface area contributed by atoms with Gasteiger partial charge in [0.2, 0.25) is 0 Å². The Labute approximate surface area is 132 Å². The number of aliphatic hydroxyl groups is 1. The molecule has 0 aliphatic carbocycles. The van der Waals surface area contributed by atoms with E-state index in [2.05, 4.69) is 9.97 Å². The predicted octanol–water partition coefficient (Wildman–Crippen LogP) is 1.63. The fourth-order valence-corrected chi connectivity index (χ4v) is 2.43. The molecule has 0 spiro atoms. The number of carbonyl (C=O) groups is 1. The summed E-state index contributed by atoms with van der Waals surface area (Å²) in [5.41, 5.74) is 1.69. The molecule has 2 N–H and O–H groups in total. The summed E-state index contributed by atoms with van der Waals surface area (Å²) >= 11 is 0. The fraction of sp³-hybridized carbons (Fsp3) is 0.188. The number of aromatic carboxylic acids is 1. The van der Waals surface area contributed by atoms with E-state index in [-0.39, 0.29) is 12.2 Å². The van der Waals surface area contributed by atoms with Crippen molar-refractivity contribution in [3.8, 4) is 17.3 Å². The highest BCUT2D eigenvalue weighted by Gasteiger charge is 2.15. The van der Waals surface area contributed by atoms with Crippen LogP contribution in [0.3, 0.4) is 0 Å². The third-order valence-corrected chi connectivity index (χ3v) is 3.50. The van der Waals surface area contributed by atoms with Gasteiger partial charge in [0.15, 0.2) is 11.6 Å². The normalized spacial score (nSPS) is 10.9. The molecule has 0 atom stereocenters. The predicted molar refractivity (Wildman–Crippen MR) is 81.6 cm³/mol. The van der Waals surface area contributed by atoms with Gasteiger partial charge in [-0.2, -0.15) is 0 Å². The Morgan fingerprint density at radius 3 is 2.83 bits per heavy atom. The van der Waals surface area contributed by atoms with E-state index >= 15 is 0 Å². The van der Waals surface area contributed by atoms with Crippen LogP contribution in [0.15, 0.2) is 36.5 Å². The molecule has 0 amide bonds. The van der Waals surface area contributed by atoms with Gasteiger partial charge in [-0.25, -0.2) is 14.8 Å². The molecular weight excluding hydrogens is 298 g/mol. The van der Waals surface area contributed by atoms with E-state index in [1.165, 1.54) is 13.2 Å². The van der Waals surface area contributed by atoms with Gasteiger partial charge in [0.05, 0.1) is 7.11 Å². The maximum Gasteiger partial charge on any atom is 0.339 e. The summed E-state index contributed by atoms with van der Waals surface area (Å²) in [6.07, 6.45) is 1.86. The van der Waals surface area contributed by atoms with E-state index in [0.717, 1.165) is 5.56 Å². The van der Waals surface area contributed by atoms with Gasteiger partial charge >= 0.3 is 5.97 Å². The number of benzene rings is 1. The number of methoxy groups -OCH3 is 1.